The van der Waals surface area contributed by atoms with E-state index in [1.165, 1.54) is 25.7 Å². The summed E-state index contributed by atoms with van der Waals surface area (Å²) in [5, 5.41) is 6.85. The minimum absolute atomic E-state index is 0.395. The molecule has 0 spiro atoms. The molecule has 2 rings (SSSR count). The van der Waals surface area contributed by atoms with Crippen LogP contribution in [0.5, 0.6) is 0 Å². The van der Waals surface area contributed by atoms with Gasteiger partial charge >= 0.3 is 0 Å². The van der Waals surface area contributed by atoms with Crippen molar-refractivity contribution in [2.24, 2.45) is 10.9 Å². The average molecular weight is 364 g/mol. The van der Waals surface area contributed by atoms with Crippen LogP contribution < -0.4 is 10.6 Å². The molecule has 0 aromatic carbocycles. The number of aryl methyl sites for hydroxylation is 2. The number of hydrogen-bond donors (Lipinski definition) is 2. The number of nitrogens with zero attached hydrogens (tertiary/aromatic N) is 3. The van der Waals surface area contributed by atoms with Crippen LogP contribution in [0.2, 0.25) is 0 Å². The largest absolute Gasteiger partial charge is 0.378 e. The third-order valence-corrected chi connectivity index (χ3v) is 5.29. The standard InChI is InChI=1S/C20H37N5O/c1-4-26-19(18-9-5-6-10-18)11-13-24-20(21-3)23-12-7-8-15-25-16-14-22-17(25)2/h14,16,18-19H,4-13,15H2,1-3H3,(H2,21,23,24). The van der Waals surface area contributed by atoms with Crippen LogP contribution in [-0.2, 0) is 11.3 Å². The molecule has 1 unspecified atom stereocenters. The summed E-state index contributed by atoms with van der Waals surface area (Å²) in [5.41, 5.74) is 0. The number of imidazole rings is 1. The van der Waals surface area contributed by atoms with Crippen molar-refractivity contribution in [1.82, 2.24) is 20.2 Å². The molecular weight excluding hydrogens is 326 g/mol. The van der Waals surface area contributed by atoms with E-state index in [0.29, 0.717) is 6.10 Å². The molecule has 6 nitrogen and oxygen atoms in total. The Morgan fingerprint density at radius 1 is 1.31 bits per heavy atom. The van der Waals surface area contributed by atoms with Crippen molar-refractivity contribution in [2.75, 3.05) is 26.7 Å². The highest BCUT2D eigenvalue weighted by molar-refractivity contribution is 5.79. The lowest BCUT2D eigenvalue weighted by Gasteiger charge is -2.24. The Morgan fingerprint density at radius 2 is 2.08 bits per heavy atom. The van der Waals surface area contributed by atoms with Crippen molar-refractivity contribution in [1.29, 1.82) is 0 Å². The predicted octanol–water partition coefficient (Wildman–Crippen LogP) is 3.12. The maximum atomic E-state index is 5.99. The first-order valence-electron chi connectivity index (χ1n) is 10.3. The van der Waals surface area contributed by atoms with E-state index in [1.54, 1.807) is 0 Å². The van der Waals surface area contributed by atoms with Gasteiger partial charge in [-0.1, -0.05) is 12.8 Å². The molecule has 0 aliphatic heterocycles. The van der Waals surface area contributed by atoms with Crippen LogP contribution in [0.25, 0.3) is 0 Å². The van der Waals surface area contributed by atoms with Crippen molar-refractivity contribution in [2.45, 2.75) is 71.4 Å². The fourth-order valence-electron chi connectivity index (χ4n) is 3.81. The third-order valence-electron chi connectivity index (χ3n) is 5.29. The molecule has 1 saturated carbocycles. The molecule has 0 bridgehead atoms. The molecular formula is C20H37N5O. The molecule has 0 amide bonds. The van der Waals surface area contributed by atoms with E-state index in [4.69, 9.17) is 4.74 Å². The molecule has 26 heavy (non-hydrogen) atoms. The van der Waals surface area contributed by atoms with Crippen molar-refractivity contribution in [3.05, 3.63) is 18.2 Å². The van der Waals surface area contributed by atoms with Crippen LogP contribution in [0, 0.1) is 12.8 Å². The molecule has 1 aliphatic carbocycles. The topological polar surface area (TPSA) is 63.5 Å². The second-order valence-electron chi connectivity index (χ2n) is 7.13. The molecule has 148 valence electrons. The first-order chi connectivity index (χ1) is 12.7. The van der Waals surface area contributed by atoms with Gasteiger partial charge in [-0.15, -0.1) is 0 Å². The minimum Gasteiger partial charge on any atom is -0.378 e. The summed E-state index contributed by atoms with van der Waals surface area (Å²) in [7, 11) is 1.83. The molecule has 1 fully saturated rings. The number of rotatable bonds is 11. The number of ether oxygens (including phenoxy) is 1. The monoisotopic (exact) mass is 363 g/mol. The number of unbranched alkanes of at least 4 members (excludes halogenated alkanes) is 1. The minimum atomic E-state index is 0.395. The van der Waals surface area contributed by atoms with E-state index in [0.717, 1.165) is 63.2 Å². The quantitative estimate of drug-likeness (QED) is 0.360. The van der Waals surface area contributed by atoms with Crippen LogP contribution in [0.4, 0.5) is 0 Å². The van der Waals surface area contributed by atoms with Gasteiger partial charge in [0.1, 0.15) is 5.82 Å². The van der Waals surface area contributed by atoms with Gasteiger partial charge in [-0.05, 0) is 51.9 Å². The number of aliphatic imine (C=N–C) groups is 1. The number of nitrogens with one attached hydrogen (secondary N) is 2. The van der Waals surface area contributed by atoms with Gasteiger partial charge < -0.3 is 19.9 Å². The average Bonchev–Trinajstić information content (AvgIpc) is 3.31. The lowest BCUT2D eigenvalue weighted by atomic mass is 9.98. The maximum Gasteiger partial charge on any atom is 0.190 e. The summed E-state index contributed by atoms with van der Waals surface area (Å²) in [5.74, 6) is 2.73. The van der Waals surface area contributed by atoms with Crippen LogP contribution in [0.1, 0.15) is 57.7 Å². The Balaban J connectivity index is 1.58. The van der Waals surface area contributed by atoms with Gasteiger partial charge in [0.15, 0.2) is 5.96 Å². The van der Waals surface area contributed by atoms with E-state index in [-0.39, 0.29) is 0 Å². The SMILES string of the molecule is CCOC(CCNC(=NC)NCCCCn1ccnc1C)C1CCCC1. The van der Waals surface area contributed by atoms with E-state index >= 15 is 0 Å². The van der Waals surface area contributed by atoms with Crippen molar-refractivity contribution in [3.8, 4) is 0 Å². The molecule has 6 heteroatoms. The van der Waals surface area contributed by atoms with Crippen molar-refractivity contribution < 1.29 is 4.74 Å². The Morgan fingerprint density at radius 3 is 2.73 bits per heavy atom. The van der Waals surface area contributed by atoms with Crippen LogP contribution in [-0.4, -0.2) is 48.4 Å². The zero-order valence-electron chi connectivity index (χ0n) is 16.8. The predicted molar refractivity (Wildman–Crippen MR) is 108 cm³/mol. The number of hydrogen-bond acceptors (Lipinski definition) is 3. The normalized spacial score (nSPS) is 16.8. The fraction of sp³-hybridized carbons (Fsp3) is 0.800. The van der Waals surface area contributed by atoms with Crippen LogP contribution >= 0.6 is 0 Å². The molecule has 0 saturated heterocycles. The molecule has 1 heterocycles. The second kappa shape index (κ2) is 11.9. The molecule has 2 N–H and O–H groups in total. The van der Waals surface area contributed by atoms with Gasteiger partial charge in [-0.3, -0.25) is 4.99 Å². The summed E-state index contributed by atoms with van der Waals surface area (Å²) in [6, 6.07) is 0. The lowest BCUT2D eigenvalue weighted by molar-refractivity contribution is 0.0169. The summed E-state index contributed by atoms with van der Waals surface area (Å²) in [6.07, 6.45) is 13.0. The molecule has 1 aromatic heterocycles. The summed E-state index contributed by atoms with van der Waals surface area (Å²) in [4.78, 5) is 8.58. The molecule has 1 atom stereocenters. The first kappa shape index (κ1) is 20.7. The molecule has 1 aromatic rings. The van der Waals surface area contributed by atoms with Gasteiger partial charge in [0.05, 0.1) is 6.10 Å². The van der Waals surface area contributed by atoms with Gasteiger partial charge in [0, 0.05) is 45.7 Å². The highest BCUT2D eigenvalue weighted by Gasteiger charge is 2.24. The Hall–Kier alpha value is -1.56. The Kier molecular flexibility index (Phi) is 9.53. The Labute approximate surface area is 158 Å². The van der Waals surface area contributed by atoms with E-state index in [2.05, 4.69) is 32.1 Å². The van der Waals surface area contributed by atoms with Crippen LogP contribution in [0.3, 0.4) is 0 Å². The van der Waals surface area contributed by atoms with Gasteiger partial charge in [-0.25, -0.2) is 4.98 Å². The van der Waals surface area contributed by atoms with E-state index in [1.807, 2.05) is 26.4 Å². The highest BCUT2D eigenvalue weighted by Crippen LogP contribution is 2.30. The molecule has 0 radical (unpaired) electrons. The number of aromatic nitrogens is 2. The lowest BCUT2D eigenvalue weighted by Crippen LogP contribution is -2.39. The van der Waals surface area contributed by atoms with Gasteiger partial charge in [-0.2, -0.15) is 0 Å². The Bertz CT molecular complexity index is 522. The maximum absolute atomic E-state index is 5.99. The smallest absolute Gasteiger partial charge is 0.190 e. The molecule has 1 aliphatic rings. The van der Waals surface area contributed by atoms with Crippen molar-refractivity contribution in [3.63, 3.8) is 0 Å². The summed E-state index contributed by atoms with van der Waals surface area (Å²) >= 11 is 0. The van der Waals surface area contributed by atoms with Gasteiger partial charge in [0.25, 0.3) is 0 Å². The zero-order chi connectivity index (χ0) is 18.6. The first-order valence-corrected chi connectivity index (χ1v) is 10.3. The zero-order valence-corrected chi connectivity index (χ0v) is 16.8. The van der Waals surface area contributed by atoms with Gasteiger partial charge in [0.2, 0.25) is 0 Å². The van der Waals surface area contributed by atoms with E-state index < -0.39 is 0 Å². The summed E-state index contributed by atoms with van der Waals surface area (Å²) in [6.45, 7) is 7.83. The van der Waals surface area contributed by atoms with Crippen molar-refractivity contribution >= 4 is 5.96 Å². The summed E-state index contributed by atoms with van der Waals surface area (Å²) < 4.78 is 8.19. The highest BCUT2D eigenvalue weighted by atomic mass is 16.5. The second-order valence-corrected chi connectivity index (χ2v) is 7.13. The van der Waals surface area contributed by atoms with E-state index in [9.17, 15) is 0 Å². The third kappa shape index (κ3) is 6.98. The fourth-order valence-corrected chi connectivity index (χ4v) is 3.81. The van der Waals surface area contributed by atoms with Crippen LogP contribution in [0.15, 0.2) is 17.4 Å². The number of guanidine groups is 1.